The first-order chi connectivity index (χ1) is 2.00. The fraction of sp³-hybridized carbons (Fsp3) is 0. The summed E-state index contributed by atoms with van der Waals surface area (Å²) in [6.45, 7) is 0. The van der Waals surface area contributed by atoms with Crippen molar-refractivity contribution in [1.29, 1.82) is 0 Å². The Bertz CT molecular complexity index is 91.2. The maximum atomic E-state index is 8.85. The molecule has 0 atom stereocenters. The van der Waals surface area contributed by atoms with Gasteiger partial charge in [-0.1, -0.05) is 0 Å². The van der Waals surface area contributed by atoms with E-state index in [4.69, 9.17) is 13.2 Å². The fourth-order valence-corrected chi connectivity index (χ4v) is 0. The van der Waals surface area contributed by atoms with Crippen LogP contribution in [0, 0.1) is 0 Å². The van der Waals surface area contributed by atoms with Gasteiger partial charge in [-0.25, -0.2) is 0 Å². The molecule has 7 heteroatoms. The Morgan fingerprint density at radius 1 is 1.14 bits per heavy atom. The predicted molar refractivity (Wildman–Crippen MR) is 22.3 cm³/mol. The zero-order valence-corrected chi connectivity index (χ0v) is 4.95. The van der Waals surface area contributed by atoms with Crippen LogP contribution in [0.25, 0.3) is 0 Å². The summed E-state index contributed by atoms with van der Waals surface area (Å²) in [7, 11) is 0. The summed E-state index contributed by atoms with van der Waals surface area (Å²) >= 11 is -5.52. The Labute approximate surface area is 66.6 Å². The van der Waals surface area contributed by atoms with Gasteiger partial charge in [0.2, 0.25) is 0 Å². The summed E-state index contributed by atoms with van der Waals surface area (Å²) in [4.78, 5) is 0. The van der Waals surface area contributed by atoms with Crippen LogP contribution in [-0.2, 0) is 6.21 Å². The second-order valence-corrected chi connectivity index (χ2v) is 3.00. The molecule has 0 aromatic heterocycles. The Hall–Kier alpha value is 1.27. The van der Waals surface area contributed by atoms with E-state index in [2.05, 4.69) is 0 Å². The van der Waals surface area contributed by atoms with Gasteiger partial charge in [0.1, 0.15) is 0 Å². The van der Waals surface area contributed by atoms with Crippen LogP contribution in [0.15, 0.2) is 0 Å². The van der Waals surface area contributed by atoms with Crippen molar-refractivity contribution in [1.82, 2.24) is 0 Å². The molecule has 4 N–H and O–H groups in total. The van der Waals surface area contributed by atoms with E-state index >= 15 is 0 Å². The molecule has 5 nitrogen and oxygen atoms in total. The van der Waals surface area contributed by atoms with Crippen LogP contribution in [0.4, 0.5) is 0 Å². The normalized spacial score (nSPS) is 8.29. The Morgan fingerprint density at radius 3 is 1.14 bits per heavy atom. The predicted octanol–water partition coefficient (Wildman–Crippen LogP) is -3.21. The van der Waals surface area contributed by atoms with E-state index < -0.39 is 19.0 Å². The summed E-state index contributed by atoms with van der Waals surface area (Å²) in [5, 5.41) is 0. The number of hydrogen-bond acceptors (Lipinski definition) is 2. The SMILES string of the molecule is O.O=[Te](=O)(O)O.[NaH]. The van der Waals surface area contributed by atoms with Crippen molar-refractivity contribution < 1.29 is 18.6 Å². The topological polar surface area (TPSA) is 106 Å². The molecule has 0 amide bonds. The van der Waals surface area contributed by atoms with Gasteiger partial charge in [-0.2, -0.15) is 0 Å². The van der Waals surface area contributed by atoms with Crippen molar-refractivity contribution >= 4 is 48.5 Å². The summed E-state index contributed by atoms with van der Waals surface area (Å²) in [6.07, 6.45) is 0. The van der Waals surface area contributed by atoms with Crippen LogP contribution in [0.2, 0.25) is 0 Å². The van der Waals surface area contributed by atoms with Crippen molar-refractivity contribution in [2.45, 2.75) is 0 Å². The molecule has 0 aliphatic heterocycles. The first kappa shape index (κ1) is 15.7. The molecule has 0 spiro atoms. The van der Waals surface area contributed by atoms with Gasteiger partial charge in [0, 0.05) is 0 Å². The van der Waals surface area contributed by atoms with E-state index in [0.29, 0.717) is 0 Å². The summed E-state index contributed by atoms with van der Waals surface area (Å²) in [5.74, 6) is 0. The van der Waals surface area contributed by atoms with Crippen molar-refractivity contribution in [2.75, 3.05) is 0 Å². The second kappa shape index (κ2) is 5.41. The van der Waals surface area contributed by atoms with Crippen LogP contribution >= 0.6 is 0 Å². The Kier molecular flexibility index (Phi) is 12.2. The second-order valence-electron chi connectivity index (χ2n) is 0.448. The van der Waals surface area contributed by atoms with Crippen molar-refractivity contribution in [2.24, 2.45) is 0 Å². The monoisotopic (exact) mass is 238 g/mol. The molecule has 0 aliphatic carbocycles. The van der Waals surface area contributed by atoms with Crippen LogP contribution in [-0.4, -0.2) is 60.9 Å². The standard InChI is InChI=1S/Na.H2O4Te.H2O.H/c;1-5(2,3)4;;/h;(H2,1,2,3,4);1H2;. The average molecular weight is 236 g/mol. The molecule has 0 aromatic carbocycles. The molecule has 0 aliphatic rings. The third-order valence-electron chi connectivity index (χ3n) is 0. The van der Waals surface area contributed by atoms with Crippen molar-refractivity contribution in [3.63, 3.8) is 0 Å². The van der Waals surface area contributed by atoms with Crippen LogP contribution in [0.3, 0.4) is 0 Å². The molecule has 0 saturated carbocycles. The van der Waals surface area contributed by atoms with Gasteiger partial charge in [0.25, 0.3) is 0 Å². The molecule has 0 radical (unpaired) electrons. The minimum atomic E-state index is -5.52. The molecule has 42 valence electrons. The van der Waals surface area contributed by atoms with Gasteiger partial charge >= 0.3 is 61.7 Å². The zero-order chi connectivity index (χ0) is 4.50. The van der Waals surface area contributed by atoms with Gasteiger partial charge in [-0.3, -0.25) is 0 Å². The van der Waals surface area contributed by atoms with E-state index in [9.17, 15) is 0 Å². The molecule has 0 fully saturated rings. The summed E-state index contributed by atoms with van der Waals surface area (Å²) in [5.41, 5.74) is 0. The van der Waals surface area contributed by atoms with E-state index in [1.165, 1.54) is 0 Å². The summed E-state index contributed by atoms with van der Waals surface area (Å²) in [6, 6.07) is 0. The third kappa shape index (κ3) is 125. The van der Waals surface area contributed by atoms with Gasteiger partial charge < -0.3 is 5.48 Å². The Balaban J connectivity index is -0.0000000800. The van der Waals surface area contributed by atoms with Crippen LogP contribution in [0.5, 0.6) is 0 Å². The number of hydrogen-bond donors (Lipinski definition) is 2. The first-order valence-corrected chi connectivity index (χ1v) is 4.69. The van der Waals surface area contributed by atoms with Gasteiger partial charge in [0.05, 0.1) is 0 Å². The van der Waals surface area contributed by atoms with Crippen LogP contribution in [0.1, 0.15) is 0 Å². The van der Waals surface area contributed by atoms with Crippen molar-refractivity contribution in [3.8, 4) is 0 Å². The van der Waals surface area contributed by atoms with Gasteiger partial charge in [-0.05, 0) is 0 Å². The van der Waals surface area contributed by atoms with E-state index in [1.54, 1.807) is 0 Å². The first-order valence-electron chi connectivity index (χ1n) is 0.698. The molecule has 0 rings (SSSR count). The fourth-order valence-electron chi connectivity index (χ4n) is 0. The maximum absolute atomic E-state index is 8.85. The molecular formula is H5NaO5Te. The molecule has 0 saturated heterocycles. The molecule has 7 heavy (non-hydrogen) atoms. The zero-order valence-electron chi connectivity index (χ0n) is 2.62. The van der Waals surface area contributed by atoms with E-state index in [1.807, 2.05) is 0 Å². The Morgan fingerprint density at radius 2 is 1.14 bits per heavy atom. The molecule has 0 bridgehead atoms. The molecule has 0 heterocycles. The van der Waals surface area contributed by atoms with Crippen LogP contribution < -0.4 is 0 Å². The molecular weight excluding hydrogens is 231 g/mol. The van der Waals surface area contributed by atoms with Gasteiger partial charge in [0.15, 0.2) is 0 Å². The molecule has 0 unspecified atom stereocenters. The van der Waals surface area contributed by atoms with E-state index in [-0.39, 0.29) is 35.0 Å². The number of rotatable bonds is 0. The average Bonchev–Trinajstić information content (AvgIpc) is 0.722. The van der Waals surface area contributed by atoms with Crippen molar-refractivity contribution in [3.05, 3.63) is 0 Å². The van der Waals surface area contributed by atoms with E-state index in [0.717, 1.165) is 0 Å². The summed E-state index contributed by atoms with van der Waals surface area (Å²) < 4.78 is 32.0. The molecule has 0 aromatic rings. The quantitative estimate of drug-likeness (QED) is 0.431. The minimum absolute atomic E-state index is 0. The van der Waals surface area contributed by atoms with Gasteiger partial charge in [-0.15, -0.1) is 0 Å². The third-order valence-corrected chi connectivity index (χ3v) is 0.